The third-order valence-corrected chi connectivity index (χ3v) is 8.56. The second kappa shape index (κ2) is 7.55. The third-order valence-electron chi connectivity index (χ3n) is 7.38. The van der Waals surface area contributed by atoms with E-state index in [4.69, 9.17) is 0 Å². The van der Waals surface area contributed by atoms with E-state index in [9.17, 15) is 0 Å². The van der Waals surface area contributed by atoms with Gasteiger partial charge in [-0.1, -0.05) is 103 Å². The summed E-state index contributed by atoms with van der Waals surface area (Å²) in [6, 6.07) is 46.2. The number of benzene rings is 6. The molecule has 0 aliphatic heterocycles. The number of hydrogen-bond donors (Lipinski definition) is 0. The van der Waals surface area contributed by atoms with Crippen LogP contribution >= 0.6 is 11.3 Å². The highest BCUT2D eigenvalue weighted by Gasteiger charge is 2.21. The van der Waals surface area contributed by atoms with Gasteiger partial charge in [0.25, 0.3) is 0 Å². The van der Waals surface area contributed by atoms with Crippen LogP contribution in [-0.4, -0.2) is 4.57 Å². The molecule has 0 amide bonds. The fourth-order valence-corrected chi connectivity index (χ4v) is 7.09. The van der Waals surface area contributed by atoms with Crippen molar-refractivity contribution in [3.63, 3.8) is 0 Å². The molecule has 0 N–H and O–H groups in total. The Bertz CT molecular complexity index is 2080. The number of rotatable bonds is 2. The molecule has 2 aromatic heterocycles. The molecule has 0 spiro atoms. The second-order valence-electron chi connectivity index (χ2n) is 9.34. The highest BCUT2D eigenvalue weighted by atomic mass is 32.1. The summed E-state index contributed by atoms with van der Waals surface area (Å²) in [5, 5.41) is 8.00. The normalized spacial score (nSPS) is 11.9. The summed E-state index contributed by atoms with van der Waals surface area (Å²) in [7, 11) is 0. The number of aromatic nitrogens is 1. The average Bonchev–Trinajstić information content (AvgIpc) is 3.51. The minimum Gasteiger partial charge on any atom is -0.308 e. The Morgan fingerprint density at radius 1 is 0.444 bits per heavy atom. The molecule has 0 saturated carbocycles. The van der Waals surface area contributed by atoms with Crippen LogP contribution < -0.4 is 0 Å². The summed E-state index contributed by atoms with van der Waals surface area (Å²) in [5.74, 6) is 0. The van der Waals surface area contributed by atoms with Crippen LogP contribution in [0.2, 0.25) is 0 Å². The van der Waals surface area contributed by atoms with Gasteiger partial charge >= 0.3 is 0 Å². The first kappa shape index (κ1) is 19.9. The van der Waals surface area contributed by atoms with Crippen LogP contribution in [0.3, 0.4) is 0 Å². The van der Waals surface area contributed by atoms with Gasteiger partial charge in [-0.2, -0.15) is 0 Å². The fraction of sp³-hybridized carbons (Fsp3) is 0. The van der Waals surface area contributed by atoms with E-state index in [1.807, 2.05) is 11.3 Å². The summed E-state index contributed by atoms with van der Waals surface area (Å²) in [6.07, 6.45) is 0. The maximum Gasteiger partial charge on any atom is 0.0726 e. The van der Waals surface area contributed by atoms with Crippen molar-refractivity contribution in [3.05, 3.63) is 127 Å². The van der Waals surface area contributed by atoms with Gasteiger partial charge in [0.05, 0.1) is 15.7 Å². The van der Waals surface area contributed by atoms with Gasteiger partial charge in [0, 0.05) is 31.9 Å². The van der Waals surface area contributed by atoms with Gasteiger partial charge in [0.2, 0.25) is 0 Å². The van der Waals surface area contributed by atoms with Crippen molar-refractivity contribution in [2.45, 2.75) is 0 Å². The molecule has 0 atom stereocenters. The van der Waals surface area contributed by atoms with Gasteiger partial charge in [0.1, 0.15) is 0 Å². The van der Waals surface area contributed by atoms with Crippen molar-refractivity contribution in [2.24, 2.45) is 0 Å². The Labute approximate surface area is 212 Å². The molecular formula is C34H21NS. The molecule has 2 heteroatoms. The molecule has 0 aliphatic rings. The first-order valence-electron chi connectivity index (χ1n) is 12.3. The zero-order chi connectivity index (χ0) is 23.6. The van der Waals surface area contributed by atoms with Crippen LogP contribution in [0.4, 0.5) is 0 Å². The molecule has 6 aromatic carbocycles. The highest BCUT2D eigenvalue weighted by molar-refractivity contribution is 7.27. The summed E-state index contributed by atoms with van der Waals surface area (Å²) in [6.45, 7) is 0. The lowest BCUT2D eigenvalue weighted by atomic mass is 9.99. The predicted octanol–water partition coefficient (Wildman–Crippen LogP) is 9.97. The molecule has 8 rings (SSSR count). The molecule has 0 unspecified atom stereocenters. The van der Waals surface area contributed by atoms with E-state index in [1.165, 1.54) is 69.6 Å². The van der Waals surface area contributed by atoms with Crippen molar-refractivity contribution in [2.75, 3.05) is 0 Å². The van der Waals surface area contributed by atoms with Crippen LogP contribution in [0.25, 0.3) is 69.6 Å². The van der Waals surface area contributed by atoms with E-state index in [2.05, 4.69) is 132 Å². The SMILES string of the molecule is c1ccc(-c2ccc(-n3c4ccccc4c4c5ccccc5c5c6ccccc6sc5c43)cc2)cc1. The highest BCUT2D eigenvalue weighted by Crippen LogP contribution is 2.47. The zero-order valence-electron chi connectivity index (χ0n) is 19.5. The maximum atomic E-state index is 2.48. The summed E-state index contributed by atoms with van der Waals surface area (Å²) in [4.78, 5) is 0. The van der Waals surface area contributed by atoms with Crippen LogP contribution in [0, 0.1) is 0 Å². The molecular weight excluding hydrogens is 454 g/mol. The van der Waals surface area contributed by atoms with Crippen molar-refractivity contribution < 1.29 is 0 Å². The van der Waals surface area contributed by atoms with Crippen molar-refractivity contribution >= 4 is 64.1 Å². The molecule has 0 bridgehead atoms. The van der Waals surface area contributed by atoms with Gasteiger partial charge in [-0.05, 0) is 46.2 Å². The molecule has 8 aromatic rings. The lowest BCUT2D eigenvalue weighted by Crippen LogP contribution is -1.94. The summed E-state index contributed by atoms with van der Waals surface area (Å²) in [5.41, 5.74) is 6.21. The zero-order valence-corrected chi connectivity index (χ0v) is 20.3. The lowest BCUT2D eigenvalue weighted by molar-refractivity contribution is 1.19. The molecule has 0 radical (unpaired) electrons. The fourth-order valence-electron chi connectivity index (χ4n) is 5.83. The van der Waals surface area contributed by atoms with E-state index in [0.29, 0.717) is 0 Å². The first-order chi connectivity index (χ1) is 17.9. The van der Waals surface area contributed by atoms with E-state index >= 15 is 0 Å². The predicted molar refractivity (Wildman–Crippen MR) is 157 cm³/mol. The largest absolute Gasteiger partial charge is 0.308 e. The van der Waals surface area contributed by atoms with Gasteiger partial charge < -0.3 is 4.57 Å². The smallest absolute Gasteiger partial charge is 0.0726 e. The molecule has 1 nitrogen and oxygen atoms in total. The molecule has 2 heterocycles. The van der Waals surface area contributed by atoms with Crippen LogP contribution in [0.5, 0.6) is 0 Å². The monoisotopic (exact) mass is 475 g/mol. The molecule has 168 valence electrons. The number of nitrogens with zero attached hydrogens (tertiary/aromatic N) is 1. The molecule has 0 aliphatic carbocycles. The first-order valence-corrected chi connectivity index (χ1v) is 13.1. The van der Waals surface area contributed by atoms with Crippen molar-refractivity contribution in [1.29, 1.82) is 0 Å². The number of fused-ring (bicyclic) bond motifs is 10. The topological polar surface area (TPSA) is 4.93 Å². The Morgan fingerprint density at radius 3 is 1.81 bits per heavy atom. The van der Waals surface area contributed by atoms with Crippen LogP contribution in [0.15, 0.2) is 127 Å². The van der Waals surface area contributed by atoms with Gasteiger partial charge in [-0.15, -0.1) is 11.3 Å². The molecule has 0 saturated heterocycles. The number of hydrogen-bond acceptors (Lipinski definition) is 1. The Kier molecular flexibility index (Phi) is 4.16. The van der Waals surface area contributed by atoms with E-state index in [0.717, 1.165) is 0 Å². The second-order valence-corrected chi connectivity index (χ2v) is 10.4. The van der Waals surface area contributed by atoms with Crippen molar-refractivity contribution in [3.8, 4) is 16.8 Å². The summed E-state index contributed by atoms with van der Waals surface area (Å²) < 4.78 is 5.17. The van der Waals surface area contributed by atoms with Crippen LogP contribution in [0.1, 0.15) is 0 Å². The minimum atomic E-state index is 1.19. The van der Waals surface area contributed by atoms with E-state index in [-0.39, 0.29) is 0 Å². The Hall–Kier alpha value is -4.40. The summed E-state index contributed by atoms with van der Waals surface area (Å²) >= 11 is 1.91. The Morgan fingerprint density at radius 2 is 1.03 bits per heavy atom. The standard InChI is InChI=1S/C34H21NS/c1-2-10-22(11-3-1)23-18-20-24(21-19-23)35-29-16-8-6-14-27(29)31-25-12-4-5-13-26(25)32-28-15-7-9-17-30(28)36-34(32)33(31)35/h1-21H. The number of para-hydroxylation sites is 1. The van der Waals surface area contributed by atoms with E-state index < -0.39 is 0 Å². The Balaban J connectivity index is 1.56. The van der Waals surface area contributed by atoms with Gasteiger partial charge in [0.15, 0.2) is 0 Å². The third kappa shape index (κ3) is 2.71. The quantitative estimate of drug-likeness (QED) is 0.234. The van der Waals surface area contributed by atoms with Gasteiger partial charge in [-0.3, -0.25) is 0 Å². The van der Waals surface area contributed by atoms with Crippen molar-refractivity contribution in [1.82, 2.24) is 4.57 Å². The van der Waals surface area contributed by atoms with E-state index in [1.54, 1.807) is 0 Å². The van der Waals surface area contributed by atoms with Gasteiger partial charge in [-0.25, -0.2) is 0 Å². The van der Waals surface area contributed by atoms with Crippen LogP contribution in [-0.2, 0) is 0 Å². The number of thiophene rings is 1. The maximum absolute atomic E-state index is 2.48. The lowest BCUT2D eigenvalue weighted by Gasteiger charge is -2.11. The molecule has 0 fully saturated rings. The minimum absolute atomic E-state index is 1.19. The average molecular weight is 476 g/mol. The molecule has 36 heavy (non-hydrogen) atoms.